The van der Waals surface area contributed by atoms with E-state index in [0.29, 0.717) is 0 Å². The van der Waals surface area contributed by atoms with Crippen LogP contribution in [0.4, 0.5) is 0 Å². The van der Waals surface area contributed by atoms with Gasteiger partial charge in [0.2, 0.25) is 0 Å². The molecule has 3 aliphatic carbocycles. The summed E-state index contributed by atoms with van der Waals surface area (Å²) in [5.74, 6) is 0. The first kappa shape index (κ1) is 34.5. The van der Waals surface area contributed by atoms with Gasteiger partial charge in [-0.15, -0.1) is 0 Å². The van der Waals surface area contributed by atoms with E-state index in [1.54, 1.807) is 0 Å². The molecule has 0 fully saturated rings. The van der Waals surface area contributed by atoms with Crippen molar-refractivity contribution in [3.8, 4) is 66.8 Å². The Labute approximate surface area is 347 Å². The Morgan fingerprint density at radius 2 is 0.746 bits per heavy atom. The van der Waals surface area contributed by atoms with Crippen LogP contribution in [-0.4, -0.2) is 0 Å². The van der Waals surface area contributed by atoms with E-state index in [4.69, 9.17) is 0 Å². The van der Waals surface area contributed by atoms with Gasteiger partial charge in [-0.3, -0.25) is 0 Å². The van der Waals surface area contributed by atoms with Gasteiger partial charge >= 0.3 is 0 Å². The summed E-state index contributed by atoms with van der Waals surface area (Å²) in [7, 11) is 0. The normalized spacial score (nSPS) is 15.7. The first-order valence-corrected chi connectivity index (χ1v) is 21.3. The summed E-state index contributed by atoms with van der Waals surface area (Å²) in [6.45, 7) is 14.5. The topological polar surface area (TPSA) is 0 Å². The van der Waals surface area contributed by atoms with Crippen LogP contribution in [0.2, 0.25) is 0 Å². The van der Waals surface area contributed by atoms with Gasteiger partial charge in [-0.05, 0) is 140 Å². The summed E-state index contributed by atoms with van der Waals surface area (Å²) in [6.07, 6.45) is 0. The summed E-state index contributed by atoms with van der Waals surface area (Å²) in [6, 6.07) is 64.5. The van der Waals surface area contributed by atoms with Crippen molar-refractivity contribution < 1.29 is 0 Å². The third kappa shape index (κ3) is 4.50. The second kappa shape index (κ2) is 11.8. The van der Waals surface area contributed by atoms with Gasteiger partial charge in [-0.25, -0.2) is 0 Å². The Morgan fingerprint density at radius 1 is 0.254 bits per heavy atom. The summed E-state index contributed by atoms with van der Waals surface area (Å²) in [5, 5.41) is 5.16. The highest BCUT2D eigenvalue weighted by Gasteiger charge is 2.45. The molecule has 12 rings (SSSR count). The molecule has 0 saturated heterocycles. The van der Waals surface area contributed by atoms with E-state index in [-0.39, 0.29) is 16.2 Å². The lowest BCUT2D eigenvalue weighted by Crippen LogP contribution is -2.18. The summed E-state index contributed by atoms with van der Waals surface area (Å²) in [4.78, 5) is 0. The first-order chi connectivity index (χ1) is 28.6. The Hall–Kier alpha value is -6.50. The number of benzene rings is 9. The van der Waals surface area contributed by atoms with Gasteiger partial charge in [0, 0.05) is 16.2 Å². The van der Waals surface area contributed by atoms with E-state index >= 15 is 0 Å². The van der Waals surface area contributed by atoms with Crippen LogP contribution in [0.25, 0.3) is 88.3 Å². The van der Waals surface area contributed by atoms with Gasteiger partial charge in [-0.2, -0.15) is 0 Å². The van der Waals surface area contributed by atoms with E-state index in [0.717, 1.165) is 0 Å². The molecule has 0 aromatic heterocycles. The molecule has 0 radical (unpaired) electrons. The lowest BCUT2D eigenvalue weighted by atomic mass is 9.75. The van der Waals surface area contributed by atoms with Crippen molar-refractivity contribution in [3.63, 3.8) is 0 Å². The zero-order valence-electron chi connectivity index (χ0n) is 34.7. The van der Waals surface area contributed by atoms with Crippen LogP contribution in [0.15, 0.2) is 170 Å². The maximum Gasteiger partial charge on any atom is 0.0165 e. The molecule has 282 valence electrons. The van der Waals surface area contributed by atoms with Crippen molar-refractivity contribution in [2.45, 2.75) is 57.8 Å². The molecule has 0 amide bonds. The van der Waals surface area contributed by atoms with Crippen LogP contribution < -0.4 is 0 Å². The van der Waals surface area contributed by atoms with E-state index in [2.05, 4.69) is 211 Å². The molecule has 0 bridgehead atoms. The largest absolute Gasteiger partial charge is 0.0622 e. The van der Waals surface area contributed by atoms with Crippen molar-refractivity contribution >= 4 is 21.5 Å². The van der Waals surface area contributed by atoms with Crippen LogP contribution in [0.5, 0.6) is 0 Å². The Kier molecular flexibility index (Phi) is 6.91. The molecule has 0 heterocycles. The number of fused-ring (bicyclic) bond motifs is 12. The van der Waals surface area contributed by atoms with Crippen LogP contribution in [0.3, 0.4) is 0 Å². The maximum atomic E-state index is 2.57. The molecule has 0 spiro atoms. The number of hydrogen-bond acceptors (Lipinski definition) is 0. The highest BCUT2D eigenvalue weighted by Crippen LogP contribution is 2.62. The van der Waals surface area contributed by atoms with E-state index in [1.165, 1.54) is 122 Å². The van der Waals surface area contributed by atoms with Crippen molar-refractivity contribution in [1.29, 1.82) is 0 Å². The van der Waals surface area contributed by atoms with E-state index < -0.39 is 0 Å². The lowest BCUT2D eigenvalue weighted by Gasteiger charge is -2.28. The molecule has 9 aromatic rings. The fourth-order valence-electron chi connectivity index (χ4n) is 11.8. The summed E-state index contributed by atoms with van der Waals surface area (Å²) in [5.41, 5.74) is 24.3. The molecule has 0 aliphatic heterocycles. The predicted molar refractivity (Wildman–Crippen MR) is 250 cm³/mol. The average molecular weight is 755 g/mol. The molecule has 0 N–H and O–H groups in total. The third-order valence-electron chi connectivity index (χ3n) is 14.6. The number of rotatable bonds is 3. The van der Waals surface area contributed by atoms with Crippen molar-refractivity contribution in [2.75, 3.05) is 0 Å². The molecule has 0 heteroatoms. The van der Waals surface area contributed by atoms with Crippen molar-refractivity contribution in [1.82, 2.24) is 0 Å². The highest BCUT2D eigenvalue weighted by molar-refractivity contribution is 6.21. The Morgan fingerprint density at radius 3 is 1.39 bits per heavy atom. The maximum absolute atomic E-state index is 2.57. The van der Waals surface area contributed by atoms with Crippen LogP contribution in [0.1, 0.15) is 74.9 Å². The lowest BCUT2D eigenvalue weighted by molar-refractivity contribution is 0.652. The second-order valence-corrected chi connectivity index (χ2v) is 18.8. The van der Waals surface area contributed by atoms with Crippen molar-refractivity contribution in [3.05, 3.63) is 203 Å². The molecule has 3 aliphatic rings. The van der Waals surface area contributed by atoms with E-state index in [9.17, 15) is 0 Å². The molecule has 0 unspecified atom stereocenters. The molecule has 59 heavy (non-hydrogen) atoms. The minimum absolute atomic E-state index is 0.104. The SMILES string of the molecule is CC1(C)c2ccc(-c3cc4c(c5c3C(C)(C)c3ccccc3-5)-c3ccccc3C4(C)C)cc2-c2ccc(-c3c4ccccc4c(-c4ccccc4)c4ccccc34)cc21. The molecule has 9 aromatic carbocycles. The van der Waals surface area contributed by atoms with Crippen LogP contribution in [-0.2, 0) is 16.2 Å². The van der Waals surface area contributed by atoms with Gasteiger partial charge in [-0.1, -0.05) is 193 Å². The number of hydrogen-bond donors (Lipinski definition) is 0. The summed E-state index contributed by atoms with van der Waals surface area (Å²) >= 11 is 0. The molecular formula is C59H46. The van der Waals surface area contributed by atoms with Crippen LogP contribution >= 0.6 is 0 Å². The standard InChI is InChI=1S/C59H46/c1-57(2)49-31-29-36(45-34-51-54(43-24-14-16-26-47(43)58(51,3)4)55-44-25-15-17-27-48(44)59(5,6)56(45)55)32-46(49)38-30-28-37(33-50(38)57)53-41-22-12-10-20-39(41)52(35-18-8-7-9-19-35)40-21-11-13-23-42(40)53/h7-34H,1-6H3. The fraction of sp³-hybridized carbons (Fsp3) is 0.153. The van der Waals surface area contributed by atoms with Gasteiger partial charge in [0.05, 0.1) is 0 Å². The monoisotopic (exact) mass is 754 g/mol. The molecular weight excluding hydrogens is 709 g/mol. The second-order valence-electron chi connectivity index (χ2n) is 18.8. The summed E-state index contributed by atoms with van der Waals surface area (Å²) < 4.78 is 0. The quantitative estimate of drug-likeness (QED) is 0.158. The van der Waals surface area contributed by atoms with Crippen molar-refractivity contribution in [2.24, 2.45) is 0 Å². The fourth-order valence-corrected chi connectivity index (χ4v) is 11.8. The third-order valence-corrected chi connectivity index (χ3v) is 14.6. The minimum Gasteiger partial charge on any atom is -0.0622 e. The molecule has 0 saturated carbocycles. The zero-order valence-corrected chi connectivity index (χ0v) is 34.7. The first-order valence-electron chi connectivity index (χ1n) is 21.3. The smallest absolute Gasteiger partial charge is 0.0165 e. The minimum atomic E-state index is -0.159. The molecule has 0 atom stereocenters. The van der Waals surface area contributed by atoms with Gasteiger partial charge in [0.15, 0.2) is 0 Å². The highest BCUT2D eigenvalue weighted by atomic mass is 14.5. The molecule has 0 nitrogen and oxygen atoms in total. The zero-order chi connectivity index (χ0) is 40.0. The van der Waals surface area contributed by atoms with Gasteiger partial charge in [0.1, 0.15) is 0 Å². The predicted octanol–water partition coefficient (Wildman–Crippen LogP) is 15.9. The average Bonchev–Trinajstić information content (AvgIpc) is 3.75. The van der Waals surface area contributed by atoms with E-state index in [1.807, 2.05) is 0 Å². The van der Waals surface area contributed by atoms with Gasteiger partial charge in [0.25, 0.3) is 0 Å². The Balaban J connectivity index is 1.07. The van der Waals surface area contributed by atoms with Crippen LogP contribution in [0, 0.1) is 0 Å². The van der Waals surface area contributed by atoms with Gasteiger partial charge < -0.3 is 0 Å². The Bertz CT molecular complexity index is 3220.